The van der Waals surface area contributed by atoms with Crippen LogP contribution >= 0.6 is 0 Å². The highest BCUT2D eigenvalue weighted by Crippen LogP contribution is 2.36. The van der Waals surface area contributed by atoms with Crippen LogP contribution in [0, 0.1) is 0 Å². The SMILES string of the molecule is CCCCCCCCCCCCCCCCNC(=O)c1ccc(-n2nc(C(F)(F)F)c3c2CCCC3)cc1. The smallest absolute Gasteiger partial charge is 0.352 e. The van der Waals surface area contributed by atoms with E-state index < -0.39 is 11.9 Å². The molecule has 1 aliphatic carbocycles. The number of nitrogens with zero attached hydrogens (tertiary/aromatic N) is 2. The Morgan fingerprint density at radius 1 is 0.816 bits per heavy atom. The first-order chi connectivity index (χ1) is 18.4. The average molecular weight is 534 g/mol. The van der Waals surface area contributed by atoms with Gasteiger partial charge in [0.2, 0.25) is 0 Å². The predicted octanol–water partition coefficient (Wildman–Crippen LogP) is 8.98. The van der Waals surface area contributed by atoms with E-state index in [4.69, 9.17) is 0 Å². The van der Waals surface area contributed by atoms with Crippen LogP contribution in [0.5, 0.6) is 0 Å². The summed E-state index contributed by atoms with van der Waals surface area (Å²) in [7, 11) is 0. The molecule has 0 aliphatic heterocycles. The van der Waals surface area contributed by atoms with Gasteiger partial charge in [-0.05, 0) is 56.4 Å². The summed E-state index contributed by atoms with van der Waals surface area (Å²) in [5, 5.41) is 6.89. The summed E-state index contributed by atoms with van der Waals surface area (Å²) in [6.07, 6.45) is 16.3. The molecule has 2 aromatic rings. The largest absolute Gasteiger partial charge is 0.435 e. The maximum atomic E-state index is 13.5. The van der Waals surface area contributed by atoms with E-state index in [2.05, 4.69) is 17.3 Å². The number of aromatic nitrogens is 2. The van der Waals surface area contributed by atoms with Crippen molar-refractivity contribution < 1.29 is 18.0 Å². The van der Waals surface area contributed by atoms with E-state index >= 15 is 0 Å². The number of hydrogen-bond acceptors (Lipinski definition) is 2. The number of benzene rings is 1. The Balaban J connectivity index is 1.31. The monoisotopic (exact) mass is 533 g/mol. The normalized spacial score (nSPS) is 13.5. The summed E-state index contributed by atoms with van der Waals surface area (Å²) < 4.78 is 41.8. The zero-order valence-electron chi connectivity index (χ0n) is 23.2. The zero-order valence-corrected chi connectivity index (χ0v) is 23.2. The van der Waals surface area contributed by atoms with Crippen molar-refractivity contribution >= 4 is 5.91 Å². The lowest BCUT2D eigenvalue weighted by atomic mass is 9.95. The molecule has 0 spiro atoms. The first-order valence-electron chi connectivity index (χ1n) is 15.0. The zero-order chi connectivity index (χ0) is 27.2. The van der Waals surface area contributed by atoms with Crippen molar-refractivity contribution in [3.63, 3.8) is 0 Å². The highest BCUT2D eigenvalue weighted by molar-refractivity contribution is 5.94. The van der Waals surface area contributed by atoms with Gasteiger partial charge in [0, 0.05) is 23.4 Å². The molecular formula is C31H46F3N3O. The Labute approximate surface area is 226 Å². The van der Waals surface area contributed by atoms with Gasteiger partial charge in [-0.15, -0.1) is 0 Å². The molecule has 0 unspecified atom stereocenters. The number of rotatable bonds is 17. The van der Waals surface area contributed by atoms with E-state index in [0.29, 0.717) is 41.9 Å². The molecule has 1 aromatic heterocycles. The van der Waals surface area contributed by atoms with Gasteiger partial charge in [-0.25, -0.2) is 4.68 Å². The highest BCUT2D eigenvalue weighted by atomic mass is 19.4. The molecule has 0 atom stereocenters. The molecule has 1 aromatic carbocycles. The second kappa shape index (κ2) is 15.9. The quantitative estimate of drug-likeness (QED) is 0.206. The van der Waals surface area contributed by atoms with Gasteiger partial charge in [0.05, 0.1) is 5.69 Å². The number of hydrogen-bond donors (Lipinski definition) is 1. The second-order valence-corrected chi connectivity index (χ2v) is 10.8. The van der Waals surface area contributed by atoms with Crippen LogP contribution in [-0.4, -0.2) is 22.2 Å². The van der Waals surface area contributed by atoms with Gasteiger partial charge in [0.15, 0.2) is 5.69 Å². The number of amides is 1. The van der Waals surface area contributed by atoms with Crippen LogP contribution in [0.3, 0.4) is 0 Å². The maximum Gasteiger partial charge on any atom is 0.435 e. The van der Waals surface area contributed by atoms with Crippen LogP contribution in [0.15, 0.2) is 24.3 Å². The highest BCUT2D eigenvalue weighted by Gasteiger charge is 2.39. The van der Waals surface area contributed by atoms with Gasteiger partial charge in [-0.1, -0.05) is 90.4 Å². The Morgan fingerprint density at radius 2 is 1.34 bits per heavy atom. The van der Waals surface area contributed by atoms with Crippen molar-refractivity contribution in [3.05, 3.63) is 46.8 Å². The number of carbonyl (C=O) groups is 1. The fraction of sp³-hybridized carbons (Fsp3) is 0.677. The van der Waals surface area contributed by atoms with Crippen molar-refractivity contribution in [2.75, 3.05) is 6.54 Å². The van der Waals surface area contributed by atoms with Crippen molar-refractivity contribution in [3.8, 4) is 5.69 Å². The molecule has 7 heteroatoms. The van der Waals surface area contributed by atoms with E-state index in [1.165, 1.54) is 81.7 Å². The predicted molar refractivity (Wildman–Crippen MR) is 148 cm³/mol. The lowest BCUT2D eigenvalue weighted by Crippen LogP contribution is -2.24. The summed E-state index contributed by atoms with van der Waals surface area (Å²) in [6, 6.07) is 6.70. The number of fused-ring (bicyclic) bond motifs is 1. The van der Waals surface area contributed by atoms with Crippen LogP contribution in [0.4, 0.5) is 13.2 Å². The van der Waals surface area contributed by atoms with Gasteiger partial charge in [0.1, 0.15) is 0 Å². The molecule has 1 aliphatic rings. The Bertz CT molecular complexity index is 966. The number of unbranched alkanes of at least 4 members (excludes halogenated alkanes) is 13. The third kappa shape index (κ3) is 9.46. The Hall–Kier alpha value is -2.31. The third-order valence-corrected chi connectivity index (χ3v) is 7.64. The minimum absolute atomic E-state index is 0.148. The number of carbonyl (C=O) groups excluding carboxylic acids is 1. The summed E-state index contributed by atoms with van der Waals surface area (Å²) >= 11 is 0. The van der Waals surface area contributed by atoms with Gasteiger partial charge in [0.25, 0.3) is 5.91 Å². The van der Waals surface area contributed by atoms with Gasteiger partial charge in [-0.2, -0.15) is 18.3 Å². The van der Waals surface area contributed by atoms with Crippen LogP contribution in [0.25, 0.3) is 5.69 Å². The third-order valence-electron chi connectivity index (χ3n) is 7.64. The van der Waals surface area contributed by atoms with Gasteiger partial charge >= 0.3 is 6.18 Å². The van der Waals surface area contributed by atoms with Crippen molar-refractivity contribution in [2.45, 2.75) is 129 Å². The molecule has 1 N–H and O–H groups in total. The summed E-state index contributed by atoms with van der Waals surface area (Å²) in [5.74, 6) is -0.148. The Kier molecular flexibility index (Phi) is 12.7. The number of nitrogens with one attached hydrogen (secondary N) is 1. The topological polar surface area (TPSA) is 46.9 Å². The Morgan fingerprint density at radius 3 is 1.89 bits per heavy atom. The lowest BCUT2D eigenvalue weighted by Gasteiger charge is -2.15. The standard InChI is InChI=1S/C31H46F3N3O/c1-2-3-4-5-6-7-8-9-10-11-12-13-14-17-24-35-30(38)25-20-22-26(23-21-25)37-28-19-16-15-18-27(28)29(36-37)31(32,33)34/h20-23H,2-19,24H2,1H3,(H,35,38). The lowest BCUT2D eigenvalue weighted by molar-refractivity contribution is -0.142. The van der Waals surface area contributed by atoms with Crippen molar-refractivity contribution in [1.82, 2.24) is 15.1 Å². The van der Waals surface area contributed by atoms with Crippen LogP contribution in [0.1, 0.15) is 137 Å². The molecule has 3 rings (SSSR count). The fourth-order valence-corrected chi connectivity index (χ4v) is 5.42. The van der Waals surface area contributed by atoms with Gasteiger partial charge < -0.3 is 5.32 Å². The first-order valence-corrected chi connectivity index (χ1v) is 15.0. The molecule has 212 valence electrons. The number of halogens is 3. The van der Waals surface area contributed by atoms with Crippen LogP contribution in [-0.2, 0) is 19.0 Å². The average Bonchev–Trinajstić information content (AvgIpc) is 3.31. The minimum atomic E-state index is -4.46. The summed E-state index contributed by atoms with van der Waals surface area (Å²) in [5.41, 5.74) is 1.25. The van der Waals surface area contributed by atoms with E-state index in [0.717, 1.165) is 25.7 Å². The molecule has 1 amide bonds. The van der Waals surface area contributed by atoms with E-state index in [1.54, 1.807) is 24.3 Å². The van der Waals surface area contributed by atoms with Crippen LogP contribution in [0.2, 0.25) is 0 Å². The fourth-order valence-electron chi connectivity index (χ4n) is 5.42. The van der Waals surface area contributed by atoms with E-state index in [9.17, 15) is 18.0 Å². The van der Waals surface area contributed by atoms with Crippen molar-refractivity contribution in [2.24, 2.45) is 0 Å². The summed E-state index contributed by atoms with van der Waals surface area (Å²) in [6.45, 7) is 2.90. The molecule has 1 heterocycles. The molecule has 4 nitrogen and oxygen atoms in total. The van der Waals surface area contributed by atoms with Gasteiger partial charge in [-0.3, -0.25) is 4.79 Å². The number of alkyl halides is 3. The van der Waals surface area contributed by atoms with Crippen molar-refractivity contribution in [1.29, 1.82) is 0 Å². The molecule has 0 saturated carbocycles. The molecule has 0 radical (unpaired) electrons. The molecular weight excluding hydrogens is 487 g/mol. The van der Waals surface area contributed by atoms with E-state index in [-0.39, 0.29) is 5.91 Å². The maximum absolute atomic E-state index is 13.5. The molecule has 38 heavy (non-hydrogen) atoms. The minimum Gasteiger partial charge on any atom is -0.352 e. The van der Waals surface area contributed by atoms with Crippen LogP contribution < -0.4 is 5.32 Å². The molecule has 0 fully saturated rings. The first kappa shape index (κ1) is 30.2. The second-order valence-electron chi connectivity index (χ2n) is 10.8. The molecule has 0 bridgehead atoms. The summed E-state index contributed by atoms with van der Waals surface area (Å²) in [4.78, 5) is 12.5. The molecule has 0 saturated heterocycles. The van der Waals surface area contributed by atoms with E-state index in [1.807, 2.05) is 0 Å².